The van der Waals surface area contributed by atoms with Gasteiger partial charge in [0.1, 0.15) is 6.61 Å². The predicted octanol–water partition coefficient (Wildman–Crippen LogP) is 2.00. The van der Waals surface area contributed by atoms with Gasteiger partial charge in [-0.15, -0.1) is 0 Å². The van der Waals surface area contributed by atoms with E-state index in [1.54, 1.807) is 0 Å². The van der Waals surface area contributed by atoms with E-state index in [-0.39, 0.29) is 12.6 Å². The van der Waals surface area contributed by atoms with Gasteiger partial charge in [0.05, 0.1) is 55.5 Å². The lowest BCUT2D eigenvalue weighted by molar-refractivity contribution is -0.149. The van der Waals surface area contributed by atoms with Crippen LogP contribution in [0.2, 0.25) is 0 Å². The van der Waals surface area contributed by atoms with Gasteiger partial charge in [-0.1, -0.05) is 6.92 Å². The summed E-state index contributed by atoms with van der Waals surface area (Å²) >= 11 is 2.05. The number of ether oxygens (including phenoxy) is 4. The summed E-state index contributed by atoms with van der Waals surface area (Å²) in [7, 11) is 1.29. The molecular weight excluding hydrogens is 387 g/mol. The van der Waals surface area contributed by atoms with Gasteiger partial charge in [0, 0.05) is 21.2 Å². The van der Waals surface area contributed by atoms with Crippen LogP contribution in [0.4, 0.5) is 0 Å². The van der Waals surface area contributed by atoms with Crippen LogP contribution in [0, 0.1) is 0 Å². The molecule has 0 N–H and O–H groups in total. The maximum Gasteiger partial charge on any atom is 0.332 e. The number of hydrogen-bond donors (Lipinski definition) is 0. The van der Waals surface area contributed by atoms with Crippen molar-refractivity contribution in [2.45, 2.75) is 13.3 Å². The highest BCUT2D eigenvalue weighted by atomic mass is 127. The molecule has 8 heteroatoms. The maximum atomic E-state index is 11.0. The summed E-state index contributed by atoms with van der Waals surface area (Å²) in [4.78, 5) is 11.0. The largest absolute Gasteiger partial charge is 0.464 e. The Kier molecular flexibility index (Phi) is 16.8. The number of esters is 1. The average Bonchev–Trinajstić information content (AvgIpc) is 2.42. The van der Waals surface area contributed by atoms with Crippen molar-refractivity contribution in [2.75, 3.05) is 52.9 Å². The summed E-state index contributed by atoms with van der Waals surface area (Å²) in [5.41, 5.74) is 0. The molecule has 0 aliphatic heterocycles. The molecule has 0 aromatic carbocycles. The molecule has 0 unspecified atom stereocenters. The van der Waals surface area contributed by atoms with Gasteiger partial charge in [-0.05, 0) is 6.42 Å². The molecule has 0 amide bonds. The van der Waals surface area contributed by atoms with Crippen LogP contribution in [0.15, 0.2) is 0 Å². The molecule has 19 heavy (non-hydrogen) atoms. The van der Waals surface area contributed by atoms with Crippen molar-refractivity contribution in [1.82, 2.24) is 0 Å². The molecule has 0 fully saturated rings. The summed E-state index contributed by atoms with van der Waals surface area (Å²) < 4.78 is 25.4. The molecular formula is C11H21IO6S. The molecule has 114 valence electrons. The Balaban J connectivity index is 3.04. The van der Waals surface area contributed by atoms with Crippen LogP contribution in [0.25, 0.3) is 0 Å². The Morgan fingerprint density at radius 2 is 1.53 bits per heavy atom. The molecule has 0 saturated heterocycles. The molecule has 0 aromatic heterocycles. The predicted molar refractivity (Wildman–Crippen MR) is 81.3 cm³/mol. The number of carbonyl (C=O) groups excluding carboxylic acids is 1. The molecule has 0 spiro atoms. The fourth-order valence-electron chi connectivity index (χ4n) is 0.977. The van der Waals surface area contributed by atoms with Gasteiger partial charge in [-0.25, -0.2) is 4.79 Å². The quantitative estimate of drug-likeness (QED) is 0.189. The minimum Gasteiger partial charge on any atom is -0.464 e. The van der Waals surface area contributed by atoms with Gasteiger partial charge < -0.3 is 23.1 Å². The average molecular weight is 408 g/mol. The van der Waals surface area contributed by atoms with Gasteiger partial charge in [0.25, 0.3) is 0 Å². The van der Waals surface area contributed by atoms with Gasteiger partial charge in [0.15, 0.2) is 0 Å². The molecule has 0 aliphatic rings. The molecule has 0 aromatic rings. The Morgan fingerprint density at radius 3 is 2.11 bits per heavy atom. The van der Waals surface area contributed by atoms with Crippen molar-refractivity contribution in [1.29, 1.82) is 0 Å². The monoisotopic (exact) mass is 408 g/mol. The summed E-state index contributed by atoms with van der Waals surface area (Å²) in [6, 6.07) is 0. The highest BCUT2D eigenvalue weighted by Gasteiger charge is 2.01. The minimum atomic E-state index is -0.335. The molecule has 6 nitrogen and oxygen atoms in total. The maximum absolute atomic E-state index is 11.0. The molecule has 0 radical (unpaired) electrons. The Morgan fingerprint density at radius 1 is 0.947 bits per heavy atom. The Labute approximate surface area is 130 Å². The Hall–Kier alpha value is 0.390. The number of rotatable bonds is 14. The SMILES string of the molecule is CCCOC(=O)COCCOCCOCCOSI. The van der Waals surface area contributed by atoms with Gasteiger partial charge in [0.2, 0.25) is 0 Å². The van der Waals surface area contributed by atoms with Crippen LogP contribution >= 0.6 is 30.4 Å². The zero-order chi connectivity index (χ0) is 14.2. The van der Waals surface area contributed by atoms with Crippen LogP contribution in [0.5, 0.6) is 0 Å². The lowest BCUT2D eigenvalue weighted by Crippen LogP contribution is -2.16. The third-order valence-electron chi connectivity index (χ3n) is 1.79. The smallest absolute Gasteiger partial charge is 0.332 e. The van der Waals surface area contributed by atoms with E-state index in [1.807, 2.05) is 6.92 Å². The van der Waals surface area contributed by atoms with Crippen molar-refractivity contribution in [3.05, 3.63) is 0 Å². The van der Waals surface area contributed by atoms with E-state index >= 15 is 0 Å². The van der Waals surface area contributed by atoms with Crippen LogP contribution in [0.3, 0.4) is 0 Å². The van der Waals surface area contributed by atoms with Gasteiger partial charge in [-0.3, -0.25) is 0 Å². The molecule has 0 heterocycles. The molecule has 0 rings (SSSR count). The summed E-state index contributed by atoms with van der Waals surface area (Å²) in [6.45, 7) is 5.31. The fourth-order valence-corrected chi connectivity index (χ4v) is 1.65. The molecule has 0 saturated carbocycles. The van der Waals surface area contributed by atoms with E-state index in [9.17, 15) is 4.79 Å². The number of hydrogen-bond acceptors (Lipinski definition) is 7. The van der Waals surface area contributed by atoms with Crippen molar-refractivity contribution >= 4 is 36.4 Å². The van der Waals surface area contributed by atoms with Crippen LogP contribution < -0.4 is 0 Å². The second kappa shape index (κ2) is 16.4. The second-order valence-electron chi connectivity index (χ2n) is 3.38. The lowest BCUT2D eigenvalue weighted by Gasteiger charge is -2.06. The first-order chi connectivity index (χ1) is 9.31. The minimum absolute atomic E-state index is 0.0227. The van der Waals surface area contributed by atoms with Gasteiger partial charge >= 0.3 is 5.97 Å². The first-order valence-corrected chi connectivity index (χ1v) is 9.38. The normalized spacial score (nSPS) is 10.6. The van der Waals surface area contributed by atoms with E-state index in [0.29, 0.717) is 46.2 Å². The number of halogens is 1. The number of carbonyl (C=O) groups is 1. The van der Waals surface area contributed by atoms with E-state index in [1.165, 1.54) is 9.21 Å². The van der Waals surface area contributed by atoms with Crippen molar-refractivity contribution in [3.63, 3.8) is 0 Å². The highest BCUT2D eigenvalue weighted by molar-refractivity contribution is 14.2. The first-order valence-electron chi connectivity index (χ1n) is 6.10. The summed E-state index contributed by atoms with van der Waals surface area (Å²) in [5, 5.41) is 0. The molecule has 0 atom stereocenters. The van der Waals surface area contributed by atoms with E-state index in [2.05, 4.69) is 21.2 Å². The zero-order valence-corrected chi connectivity index (χ0v) is 14.1. The van der Waals surface area contributed by atoms with E-state index < -0.39 is 0 Å². The van der Waals surface area contributed by atoms with Crippen molar-refractivity contribution in [2.24, 2.45) is 0 Å². The Bertz CT molecular complexity index is 208. The third-order valence-corrected chi connectivity index (χ3v) is 2.81. The fraction of sp³-hybridized carbons (Fsp3) is 0.909. The van der Waals surface area contributed by atoms with Crippen molar-refractivity contribution in [3.8, 4) is 0 Å². The van der Waals surface area contributed by atoms with Crippen LogP contribution in [0.1, 0.15) is 13.3 Å². The van der Waals surface area contributed by atoms with Crippen LogP contribution in [-0.4, -0.2) is 58.8 Å². The summed E-state index contributed by atoms with van der Waals surface area (Å²) in [5.74, 6) is -0.335. The first kappa shape index (κ1) is 19.4. The van der Waals surface area contributed by atoms with Crippen molar-refractivity contribution < 1.29 is 27.9 Å². The second-order valence-corrected chi connectivity index (χ2v) is 4.82. The molecule has 0 aliphatic carbocycles. The molecule has 0 bridgehead atoms. The summed E-state index contributed by atoms with van der Waals surface area (Å²) in [6.07, 6.45) is 0.816. The highest BCUT2D eigenvalue weighted by Crippen LogP contribution is 2.10. The topological polar surface area (TPSA) is 63.2 Å². The lowest BCUT2D eigenvalue weighted by atomic mass is 10.5. The van der Waals surface area contributed by atoms with E-state index in [0.717, 1.165) is 6.42 Å². The van der Waals surface area contributed by atoms with Gasteiger partial charge in [-0.2, -0.15) is 0 Å². The zero-order valence-electron chi connectivity index (χ0n) is 11.1. The van der Waals surface area contributed by atoms with E-state index in [4.69, 9.17) is 23.1 Å². The van der Waals surface area contributed by atoms with Crippen LogP contribution in [-0.2, 0) is 27.9 Å². The standard InChI is InChI=1S/C11H21IO6S/c1-2-3-17-11(13)10-16-7-6-14-4-5-15-8-9-18-19-12/h2-10H2,1H3. The third kappa shape index (κ3) is 16.3.